The number of rotatable bonds is 2. The highest BCUT2D eigenvalue weighted by Gasteiger charge is 2.20. The smallest absolute Gasteiger partial charge is 0.266 e. The zero-order chi connectivity index (χ0) is 17.4. The van der Waals surface area contributed by atoms with Crippen LogP contribution in [0.5, 0.6) is 0 Å². The monoisotopic (exact) mass is 351 g/mol. The van der Waals surface area contributed by atoms with Gasteiger partial charge in [0.1, 0.15) is 0 Å². The molecule has 1 aliphatic heterocycles. The van der Waals surface area contributed by atoms with E-state index in [2.05, 4.69) is 4.98 Å². The van der Waals surface area contributed by atoms with Gasteiger partial charge in [-0.05, 0) is 55.4 Å². The minimum Gasteiger partial charge on any atom is -0.339 e. The van der Waals surface area contributed by atoms with Gasteiger partial charge in [0, 0.05) is 18.7 Å². The molecule has 2 aromatic carbocycles. The van der Waals surface area contributed by atoms with E-state index in [9.17, 15) is 9.59 Å². The predicted octanol–water partition coefficient (Wildman–Crippen LogP) is 3.28. The normalized spacial score (nSPS) is 14.2. The van der Waals surface area contributed by atoms with Gasteiger partial charge in [-0.25, -0.2) is 0 Å². The van der Waals surface area contributed by atoms with E-state index in [4.69, 9.17) is 12.2 Å². The van der Waals surface area contributed by atoms with Crippen LogP contribution in [0.1, 0.15) is 23.2 Å². The first-order chi connectivity index (χ1) is 12.1. The number of hydrogen-bond acceptors (Lipinski definition) is 3. The third kappa shape index (κ3) is 2.78. The summed E-state index contributed by atoms with van der Waals surface area (Å²) >= 11 is 5.38. The minimum atomic E-state index is -0.190. The first-order valence-corrected chi connectivity index (χ1v) is 8.70. The molecule has 0 aliphatic carbocycles. The van der Waals surface area contributed by atoms with Gasteiger partial charge in [0.05, 0.1) is 16.6 Å². The summed E-state index contributed by atoms with van der Waals surface area (Å²) in [5.41, 5.74) is 1.70. The van der Waals surface area contributed by atoms with Crippen molar-refractivity contribution >= 4 is 29.0 Å². The largest absolute Gasteiger partial charge is 0.339 e. The Morgan fingerprint density at radius 1 is 1.04 bits per heavy atom. The summed E-state index contributed by atoms with van der Waals surface area (Å²) in [6.07, 6.45) is 2.09. The Balaban J connectivity index is 1.84. The predicted molar refractivity (Wildman–Crippen MR) is 99.9 cm³/mol. The maximum Gasteiger partial charge on any atom is 0.266 e. The molecule has 0 atom stereocenters. The van der Waals surface area contributed by atoms with Crippen LogP contribution in [0.15, 0.2) is 53.3 Å². The fourth-order valence-electron chi connectivity index (χ4n) is 3.27. The van der Waals surface area contributed by atoms with Gasteiger partial charge in [0.25, 0.3) is 11.5 Å². The molecule has 1 fully saturated rings. The van der Waals surface area contributed by atoms with Crippen molar-refractivity contribution in [3.8, 4) is 5.69 Å². The van der Waals surface area contributed by atoms with Crippen LogP contribution in [0.3, 0.4) is 0 Å². The van der Waals surface area contributed by atoms with Gasteiger partial charge in [0.15, 0.2) is 4.77 Å². The average molecular weight is 351 g/mol. The Morgan fingerprint density at radius 2 is 1.76 bits per heavy atom. The lowest BCUT2D eigenvalue weighted by Gasteiger charge is -2.15. The van der Waals surface area contributed by atoms with Crippen molar-refractivity contribution in [2.45, 2.75) is 12.8 Å². The Hall–Kier alpha value is -2.73. The Labute approximate surface area is 149 Å². The molecule has 1 aliphatic rings. The second kappa shape index (κ2) is 6.29. The molecular weight excluding hydrogens is 334 g/mol. The van der Waals surface area contributed by atoms with Crippen LogP contribution in [-0.2, 0) is 0 Å². The number of likely N-dealkylation sites (tertiary alicyclic amines) is 1. The molecule has 2 heterocycles. The third-order valence-electron chi connectivity index (χ3n) is 4.55. The molecule has 5 nitrogen and oxygen atoms in total. The van der Waals surface area contributed by atoms with Crippen molar-refractivity contribution in [2.24, 2.45) is 0 Å². The van der Waals surface area contributed by atoms with Crippen LogP contribution < -0.4 is 5.56 Å². The van der Waals surface area contributed by atoms with Crippen LogP contribution in [0.4, 0.5) is 0 Å². The standard InChI is InChI=1S/C19H17N3O2S/c23-17(21-10-4-5-11-21)13-8-9-15-16(12-13)20-19(25)22(18(15)24)14-6-2-1-3-7-14/h1-3,6-9,12H,4-5,10-11H2,(H,20,25). The quantitative estimate of drug-likeness (QED) is 0.721. The van der Waals surface area contributed by atoms with E-state index in [-0.39, 0.29) is 11.5 Å². The lowest BCUT2D eigenvalue weighted by Crippen LogP contribution is -2.27. The summed E-state index contributed by atoms with van der Waals surface area (Å²) in [6, 6.07) is 14.4. The van der Waals surface area contributed by atoms with Gasteiger partial charge < -0.3 is 9.88 Å². The SMILES string of the molecule is O=C(c1ccc2c(=O)n(-c3ccccc3)c(=S)[nH]c2c1)N1CCCC1. The van der Waals surface area contributed by atoms with Crippen LogP contribution in [0.25, 0.3) is 16.6 Å². The van der Waals surface area contributed by atoms with Crippen molar-refractivity contribution in [3.63, 3.8) is 0 Å². The number of aromatic nitrogens is 2. The fraction of sp³-hybridized carbons (Fsp3) is 0.211. The summed E-state index contributed by atoms with van der Waals surface area (Å²) in [5.74, 6) is 0.00552. The Morgan fingerprint density at radius 3 is 2.48 bits per heavy atom. The second-order valence-electron chi connectivity index (χ2n) is 6.17. The van der Waals surface area contributed by atoms with Gasteiger partial charge in [-0.1, -0.05) is 18.2 Å². The molecule has 1 amide bonds. The van der Waals surface area contributed by atoms with Crippen LogP contribution in [0.2, 0.25) is 0 Å². The van der Waals surface area contributed by atoms with Crippen molar-refractivity contribution in [1.82, 2.24) is 14.5 Å². The molecule has 1 N–H and O–H groups in total. The summed E-state index contributed by atoms with van der Waals surface area (Å²) in [4.78, 5) is 30.4. The van der Waals surface area contributed by atoms with E-state index in [1.165, 1.54) is 4.57 Å². The number of carbonyl (C=O) groups excluding carboxylic acids is 1. The zero-order valence-corrected chi connectivity index (χ0v) is 14.4. The summed E-state index contributed by atoms with van der Waals surface area (Å²) in [6.45, 7) is 1.59. The lowest BCUT2D eigenvalue weighted by molar-refractivity contribution is 0.0793. The molecule has 0 saturated carbocycles. The molecule has 0 spiro atoms. The zero-order valence-electron chi connectivity index (χ0n) is 13.6. The molecule has 4 rings (SSSR count). The first kappa shape index (κ1) is 15.8. The van der Waals surface area contributed by atoms with E-state index in [0.29, 0.717) is 26.9 Å². The maximum atomic E-state index is 12.9. The van der Waals surface area contributed by atoms with Crippen LogP contribution in [-0.4, -0.2) is 33.4 Å². The molecule has 1 saturated heterocycles. The third-order valence-corrected chi connectivity index (χ3v) is 4.84. The summed E-state index contributed by atoms with van der Waals surface area (Å²) in [5, 5.41) is 0.510. The number of hydrogen-bond donors (Lipinski definition) is 1. The number of nitrogens with one attached hydrogen (secondary N) is 1. The van der Waals surface area contributed by atoms with E-state index in [0.717, 1.165) is 25.9 Å². The number of benzene rings is 2. The second-order valence-corrected chi connectivity index (χ2v) is 6.55. The van der Waals surface area contributed by atoms with Gasteiger partial charge in [-0.2, -0.15) is 0 Å². The highest BCUT2D eigenvalue weighted by Crippen LogP contribution is 2.17. The van der Waals surface area contributed by atoms with Crippen molar-refractivity contribution in [2.75, 3.05) is 13.1 Å². The number of amides is 1. The van der Waals surface area contributed by atoms with Crippen LogP contribution in [0, 0.1) is 4.77 Å². The molecule has 3 aromatic rings. The maximum absolute atomic E-state index is 12.9. The molecular formula is C19H17N3O2S. The lowest BCUT2D eigenvalue weighted by atomic mass is 10.1. The highest BCUT2D eigenvalue weighted by atomic mass is 32.1. The molecule has 0 radical (unpaired) electrons. The van der Waals surface area contributed by atoms with Gasteiger partial charge in [-0.3, -0.25) is 14.2 Å². The number of fused-ring (bicyclic) bond motifs is 1. The number of H-pyrrole nitrogens is 1. The van der Waals surface area contributed by atoms with E-state index < -0.39 is 0 Å². The number of nitrogens with zero attached hydrogens (tertiary/aromatic N) is 2. The van der Waals surface area contributed by atoms with Crippen molar-refractivity contribution < 1.29 is 4.79 Å². The number of para-hydroxylation sites is 1. The van der Waals surface area contributed by atoms with Crippen molar-refractivity contribution in [1.29, 1.82) is 0 Å². The topological polar surface area (TPSA) is 58.1 Å². The van der Waals surface area contributed by atoms with Gasteiger partial charge >= 0.3 is 0 Å². The molecule has 0 bridgehead atoms. The summed E-state index contributed by atoms with van der Waals surface area (Å²) < 4.78 is 1.79. The van der Waals surface area contributed by atoms with Gasteiger partial charge in [-0.15, -0.1) is 0 Å². The van der Waals surface area contributed by atoms with E-state index >= 15 is 0 Å². The highest BCUT2D eigenvalue weighted by molar-refractivity contribution is 7.71. The fourth-order valence-corrected chi connectivity index (χ4v) is 3.56. The number of aromatic amines is 1. The molecule has 1 aromatic heterocycles. The van der Waals surface area contributed by atoms with E-state index in [1.54, 1.807) is 18.2 Å². The van der Waals surface area contributed by atoms with Gasteiger partial charge in [0.2, 0.25) is 0 Å². The first-order valence-electron chi connectivity index (χ1n) is 8.29. The molecule has 0 unspecified atom stereocenters. The van der Waals surface area contributed by atoms with E-state index in [1.807, 2.05) is 35.2 Å². The minimum absolute atomic E-state index is 0.00552. The molecule has 6 heteroatoms. The Bertz CT molecular complexity index is 1060. The molecule has 126 valence electrons. The average Bonchev–Trinajstić information content (AvgIpc) is 3.16. The number of carbonyl (C=O) groups is 1. The summed E-state index contributed by atoms with van der Waals surface area (Å²) in [7, 11) is 0. The van der Waals surface area contributed by atoms with Crippen molar-refractivity contribution in [3.05, 3.63) is 69.2 Å². The van der Waals surface area contributed by atoms with Crippen LogP contribution >= 0.6 is 12.2 Å². The Kier molecular flexibility index (Phi) is 3.97. The molecule has 25 heavy (non-hydrogen) atoms.